The van der Waals surface area contributed by atoms with Crippen LogP contribution in [0.2, 0.25) is 0 Å². The summed E-state index contributed by atoms with van der Waals surface area (Å²) in [5.74, 6) is -2.74. The summed E-state index contributed by atoms with van der Waals surface area (Å²) in [5, 5.41) is 4.44. The molecule has 4 heterocycles. The largest absolute Gasteiger partial charge is 0.419 e. The normalized spacial score (nSPS) is 20.2. The lowest BCUT2D eigenvalue weighted by Gasteiger charge is -2.36. The van der Waals surface area contributed by atoms with E-state index in [0.29, 0.717) is 36.6 Å². The van der Waals surface area contributed by atoms with Gasteiger partial charge in [0.05, 0.1) is 41.8 Å². The fraction of sp³-hybridized carbons (Fsp3) is 0.423. The Morgan fingerprint density at radius 1 is 0.949 bits per heavy atom. The number of anilines is 1. The monoisotopic (exact) mass is 545 g/mol. The summed E-state index contributed by atoms with van der Waals surface area (Å²) in [6.45, 7) is 6.03. The van der Waals surface area contributed by atoms with Crippen LogP contribution in [0.15, 0.2) is 24.5 Å². The Balaban J connectivity index is 1.45. The topological polar surface area (TPSA) is 81.9 Å². The highest BCUT2D eigenvalue weighted by molar-refractivity contribution is 5.88. The highest BCUT2D eigenvalue weighted by Gasteiger charge is 2.36. The van der Waals surface area contributed by atoms with Crippen molar-refractivity contribution in [2.75, 3.05) is 18.0 Å². The molecule has 1 aliphatic heterocycles. The molecule has 0 radical (unpaired) electrons. The van der Waals surface area contributed by atoms with Gasteiger partial charge >= 0.3 is 6.18 Å². The Kier molecular flexibility index (Phi) is 6.01. The van der Waals surface area contributed by atoms with Crippen molar-refractivity contribution in [3.8, 4) is 11.3 Å². The van der Waals surface area contributed by atoms with Crippen molar-refractivity contribution in [2.45, 2.75) is 58.0 Å². The number of halogens is 5. The minimum absolute atomic E-state index is 0.0588. The number of hydrogen-bond acceptors (Lipinski definition) is 7. The lowest BCUT2D eigenvalue weighted by Crippen LogP contribution is -2.43. The SMILES string of the molecule is Cc1nc2nc(N3C[C@@H](C)O[C@@H](c4cnn(C5CC5)c4)C3)nc(-c3cc(F)c(C(F)(F)F)cc3F)c2nc1C. The van der Waals surface area contributed by atoms with Crippen molar-refractivity contribution in [3.05, 3.63) is 58.7 Å². The van der Waals surface area contributed by atoms with Crippen LogP contribution >= 0.6 is 0 Å². The molecule has 4 aromatic rings. The van der Waals surface area contributed by atoms with Gasteiger partial charge in [0.1, 0.15) is 28.9 Å². The Morgan fingerprint density at radius 2 is 1.69 bits per heavy atom. The first kappa shape index (κ1) is 25.5. The molecule has 2 atom stereocenters. The maximum atomic E-state index is 15.1. The smallest absolute Gasteiger partial charge is 0.367 e. The van der Waals surface area contributed by atoms with Gasteiger partial charge in [-0.2, -0.15) is 23.3 Å². The standard InChI is InChI=1S/C26H24F5N7O/c1-12-9-37(11-21(39-12)15-8-32-38(10-15)16-4-5-16)25-35-22(23-24(36-25)34-14(3)13(2)33-23)17-6-20(28)18(7-19(17)27)26(29,30)31/h6-8,10,12,16,21H,4-5,9,11H2,1-3H3/t12-,21-/m1/s1. The number of rotatable bonds is 4. The van der Waals surface area contributed by atoms with E-state index in [1.807, 2.05) is 22.7 Å². The molecule has 204 valence electrons. The van der Waals surface area contributed by atoms with Crippen LogP contribution in [0.3, 0.4) is 0 Å². The Morgan fingerprint density at radius 3 is 2.41 bits per heavy atom. The molecular formula is C26H24F5N7O. The molecule has 0 N–H and O–H groups in total. The fourth-order valence-corrected chi connectivity index (χ4v) is 4.73. The molecule has 1 aromatic carbocycles. The highest BCUT2D eigenvalue weighted by Crippen LogP contribution is 2.38. The molecule has 3 aromatic heterocycles. The Labute approximate surface area is 219 Å². The van der Waals surface area contributed by atoms with Gasteiger partial charge in [0.2, 0.25) is 5.95 Å². The van der Waals surface area contributed by atoms with Crippen molar-refractivity contribution in [1.82, 2.24) is 29.7 Å². The number of ether oxygens (including phenoxy) is 1. The van der Waals surface area contributed by atoms with E-state index < -0.39 is 28.9 Å². The van der Waals surface area contributed by atoms with Crippen LogP contribution < -0.4 is 4.90 Å². The van der Waals surface area contributed by atoms with Gasteiger partial charge in [0.15, 0.2) is 5.65 Å². The zero-order valence-electron chi connectivity index (χ0n) is 21.3. The molecule has 39 heavy (non-hydrogen) atoms. The third-order valence-electron chi connectivity index (χ3n) is 7.01. The van der Waals surface area contributed by atoms with Crippen molar-refractivity contribution < 1.29 is 26.7 Å². The molecule has 13 heteroatoms. The number of aryl methyl sites for hydroxylation is 2. The molecule has 1 aliphatic carbocycles. The lowest BCUT2D eigenvalue weighted by molar-refractivity contribution is -0.140. The highest BCUT2D eigenvalue weighted by atomic mass is 19.4. The second-order valence-corrected chi connectivity index (χ2v) is 10.1. The Hall–Kier alpha value is -3.74. The van der Waals surface area contributed by atoms with Gasteiger partial charge in [0.25, 0.3) is 0 Å². The summed E-state index contributed by atoms with van der Waals surface area (Å²) < 4.78 is 77.4. The molecule has 0 unspecified atom stereocenters. The molecule has 0 bridgehead atoms. The van der Waals surface area contributed by atoms with E-state index in [2.05, 4.69) is 25.0 Å². The van der Waals surface area contributed by atoms with Gasteiger partial charge in [0, 0.05) is 23.9 Å². The molecule has 1 saturated carbocycles. The van der Waals surface area contributed by atoms with Crippen LogP contribution in [0.1, 0.15) is 54.4 Å². The molecule has 2 aliphatic rings. The first-order chi connectivity index (χ1) is 18.5. The second-order valence-electron chi connectivity index (χ2n) is 10.1. The third-order valence-corrected chi connectivity index (χ3v) is 7.01. The maximum Gasteiger partial charge on any atom is 0.419 e. The summed E-state index contributed by atoms with van der Waals surface area (Å²) in [6.07, 6.45) is 0.264. The van der Waals surface area contributed by atoms with E-state index in [1.54, 1.807) is 20.0 Å². The van der Waals surface area contributed by atoms with Crippen LogP contribution in [-0.4, -0.2) is 48.9 Å². The average Bonchev–Trinajstić information content (AvgIpc) is 3.60. The Bertz CT molecular complexity index is 1580. The van der Waals surface area contributed by atoms with Gasteiger partial charge in [-0.25, -0.2) is 23.7 Å². The molecular weight excluding hydrogens is 521 g/mol. The van der Waals surface area contributed by atoms with E-state index in [0.717, 1.165) is 18.4 Å². The second kappa shape index (κ2) is 9.18. The van der Waals surface area contributed by atoms with Crippen LogP contribution in [0, 0.1) is 25.5 Å². The first-order valence-electron chi connectivity index (χ1n) is 12.5. The van der Waals surface area contributed by atoms with Crippen LogP contribution in [-0.2, 0) is 10.9 Å². The minimum atomic E-state index is -5.05. The van der Waals surface area contributed by atoms with Crippen molar-refractivity contribution in [2.24, 2.45) is 0 Å². The summed E-state index contributed by atoms with van der Waals surface area (Å²) in [6, 6.07) is 1.04. The summed E-state index contributed by atoms with van der Waals surface area (Å²) in [5.41, 5.74) is -0.168. The number of hydrogen-bond donors (Lipinski definition) is 0. The molecule has 2 fully saturated rings. The molecule has 1 saturated heterocycles. The van der Waals surface area contributed by atoms with Gasteiger partial charge in [-0.1, -0.05) is 0 Å². The predicted octanol–water partition coefficient (Wildman–Crippen LogP) is 5.50. The van der Waals surface area contributed by atoms with Gasteiger partial charge < -0.3 is 9.64 Å². The number of fused-ring (bicyclic) bond motifs is 1. The minimum Gasteiger partial charge on any atom is -0.367 e. The van der Waals surface area contributed by atoms with E-state index in [9.17, 15) is 17.6 Å². The number of benzene rings is 1. The summed E-state index contributed by atoms with van der Waals surface area (Å²) >= 11 is 0. The average molecular weight is 546 g/mol. The molecule has 0 amide bonds. The number of morpholine rings is 1. The van der Waals surface area contributed by atoms with Crippen molar-refractivity contribution in [1.29, 1.82) is 0 Å². The van der Waals surface area contributed by atoms with E-state index in [1.165, 1.54) is 0 Å². The predicted molar refractivity (Wildman–Crippen MR) is 131 cm³/mol. The van der Waals surface area contributed by atoms with Crippen LogP contribution in [0.25, 0.3) is 22.4 Å². The maximum absolute atomic E-state index is 15.1. The first-order valence-corrected chi connectivity index (χ1v) is 12.5. The molecule has 8 nitrogen and oxygen atoms in total. The third kappa shape index (κ3) is 4.79. The van der Waals surface area contributed by atoms with E-state index in [4.69, 9.17) is 4.74 Å². The zero-order chi connectivity index (χ0) is 27.6. The summed E-state index contributed by atoms with van der Waals surface area (Å²) in [7, 11) is 0. The van der Waals surface area contributed by atoms with Crippen molar-refractivity contribution in [3.63, 3.8) is 0 Å². The fourth-order valence-electron chi connectivity index (χ4n) is 4.73. The quantitative estimate of drug-likeness (QED) is 0.313. The zero-order valence-corrected chi connectivity index (χ0v) is 21.3. The molecule has 0 spiro atoms. The molecule has 6 rings (SSSR count). The van der Waals surface area contributed by atoms with Crippen molar-refractivity contribution >= 4 is 17.1 Å². The van der Waals surface area contributed by atoms with Gasteiger partial charge in [-0.15, -0.1) is 0 Å². The van der Waals surface area contributed by atoms with E-state index in [-0.39, 0.29) is 41.1 Å². The number of aromatic nitrogens is 6. The van der Waals surface area contributed by atoms with Crippen LogP contribution in [0.5, 0.6) is 0 Å². The van der Waals surface area contributed by atoms with E-state index >= 15 is 4.39 Å². The summed E-state index contributed by atoms with van der Waals surface area (Å²) in [4.78, 5) is 19.8. The van der Waals surface area contributed by atoms with Crippen LogP contribution in [0.4, 0.5) is 27.9 Å². The number of nitrogens with zero attached hydrogens (tertiary/aromatic N) is 7. The lowest BCUT2D eigenvalue weighted by atomic mass is 10.1. The number of alkyl halides is 3. The van der Waals surface area contributed by atoms with Gasteiger partial charge in [-0.05, 0) is 45.7 Å². The van der Waals surface area contributed by atoms with Gasteiger partial charge in [-0.3, -0.25) is 4.68 Å².